The molecule has 1 aliphatic heterocycles. The van der Waals surface area contributed by atoms with Crippen molar-refractivity contribution in [2.24, 2.45) is 17.8 Å². The van der Waals surface area contributed by atoms with Gasteiger partial charge in [0.25, 0.3) is 0 Å². The maximum Gasteiger partial charge on any atom is 0.425 e. The number of cyclic esters (lactones) is 1. The molecule has 0 aromatic carbocycles. The molecule has 168 valence electrons. The predicted octanol–water partition coefficient (Wildman–Crippen LogP) is 3.85. The zero-order valence-corrected chi connectivity index (χ0v) is 18.7. The molecular weight excluding hydrogens is 400 g/mol. The van der Waals surface area contributed by atoms with Crippen LogP contribution in [0.25, 0.3) is 0 Å². The Hall–Kier alpha value is -2.99. The van der Waals surface area contributed by atoms with Gasteiger partial charge in [0, 0.05) is 30.3 Å². The summed E-state index contributed by atoms with van der Waals surface area (Å²) < 4.78 is 12.1. The summed E-state index contributed by atoms with van der Waals surface area (Å²) in [6.07, 6.45) is 4.09. The molecule has 0 fully saturated rings. The zero-order chi connectivity index (χ0) is 23.1. The van der Waals surface area contributed by atoms with Gasteiger partial charge >= 0.3 is 12.1 Å². The van der Waals surface area contributed by atoms with E-state index in [1.54, 1.807) is 20.8 Å². The van der Waals surface area contributed by atoms with Crippen molar-refractivity contribution in [1.82, 2.24) is 9.55 Å². The number of carbonyl (C=O) groups is 4. The summed E-state index contributed by atoms with van der Waals surface area (Å²) in [5.74, 6) is -2.28. The lowest BCUT2D eigenvalue weighted by molar-refractivity contribution is -0.156. The van der Waals surface area contributed by atoms with Crippen LogP contribution < -0.4 is 0 Å². The van der Waals surface area contributed by atoms with Gasteiger partial charge in [0.15, 0.2) is 17.6 Å². The van der Waals surface area contributed by atoms with Crippen molar-refractivity contribution in [3.05, 3.63) is 35.8 Å². The van der Waals surface area contributed by atoms with Gasteiger partial charge in [-0.25, -0.2) is 14.3 Å². The van der Waals surface area contributed by atoms with Gasteiger partial charge in [-0.2, -0.15) is 0 Å². The van der Waals surface area contributed by atoms with Crippen molar-refractivity contribution < 1.29 is 28.7 Å². The Morgan fingerprint density at radius 3 is 2.61 bits per heavy atom. The maximum atomic E-state index is 12.7. The molecule has 0 aliphatic carbocycles. The summed E-state index contributed by atoms with van der Waals surface area (Å²) >= 11 is 0. The van der Waals surface area contributed by atoms with Gasteiger partial charge < -0.3 is 9.47 Å². The number of ketones is 2. The highest BCUT2D eigenvalue weighted by Gasteiger charge is 2.32. The number of ether oxygens (including phenoxy) is 2. The minimum Gasteiger partial charge on any atom is -0.453 e. The molecule has 8 heteroatoms. The zero-order valence-electron chi connectivity index (χ0n) is 18.7. The van der Waals surface area contributed by atoms with Crippen LogP contribution in [0.5, 0.6) is 0 Å². The molecule has 1 aromatic heterocycles. The third-order valence-electron chi connectivity index (χ3n) is 5.45. The van der Waals surface area contributed by atoms with Crippen molar-refractivity contribution in [2.75, 3.05) is 0 Å². The van der Waals surface area contributed by atoms with Crippen molar-refractivity contribution >= 4 is 23.6 Å². The molecular formula is C23H30N2O6. The van der Waals surface area contributed by atoms with Crippen LogP contribution in [0.15, 0.2) is 35.8 Å². The molecule has 0 unspecified atom stereocenters. The number of esters is 1. The van der Waals surface area contributed by atoms with Crippen LogP contribution in [0.1, 0.15) is 60.3 Å². The third kappa shape index (κ3) is 6.49. The Bertz CT molecular complexity index is 895. The van der Waals surface area contributed by atoms with Crippen LogP contribution >= 0.6 is 0 Å². The van der Waals surface area contributed by atoms with Crippen LogP contribution in [0.3, 0.4) is 0 Å². The van der Waals surface area contributed by atoms with E-state index in [1.165, 1.54) is 25.6 Å². The van der Waals surface area contributed by atoms with Gasteiger partial charge in [0.05, 0.1) is 0 Å². The van der Waals surface area contributed by atoms with Crippen LogP contribution in [0.2, 0.25) is 0 Å². The van der Waals surface area contributed by atoms with Gasteiger partial charge in [-0.3, -0.25) is 14.4 Å². The lowest BCUT2D eigenvalue weighted by atomic mass is 9.86. The first-order chi connectivity index (χ1) is 14.6. The van der Waals surface area contributed by atoms with Gasteiger partial charge in [-0.05, 0) is 39.0 Å². The number of aromatic nitrogens is 2. The first-order valence-electron chi connectivity index (χ1n) is 10.6. The lowest BCUT2D eigenvalue weighted by Crippen LogP contribution is -2.33. The highest BCUT2D eigenvalue weighted by molar-refractivity contribution is 5.99. The maximum absolute atomic E-state index is 12.7. The molecule has 0 amide bonds. The van der Waals surface area contributed by atoms with E-state index < -0.39 is 24.1 Å². The van der Waals surface area contributed by atoms with E-state index >= 15 is 0 Å². The average molecular weight is 431 g/mol. The van der Waals surface area contributed by atoms with E-state index in [0.29, 0.717) is 12.8 Å². The number of rotatable bonds is 2. The van der Waals surface area contributed by atoms with Crippen LogP contribution in [0.4, 0.5) is 4.79 Å². The van der Waals surface area contributed by atoms with Crippen LogP contribution in [-0.2, 0) is 23.9 Å². The fourth-order valence-electron chi connectivity index (χ4n) is 3.45. The van der Waals surface area contributed by atoms with Gasteiger partial charge in [-0.1, -0.05) is 26.5 Å². The van der Waals surface area contributed by atoms with Crippen molar-refractivity contribution in [2.45, 2.75) is 66.4 Å². The molecule has 0 N–H and O–H groups in total. The summed E-state index contributed by atoms with van der Waals surface area (Å²) in [7, 11) is 0. The topological polar surface area (TPSA) is 105 Å². The first-order valence-corrected chi connectivity index (χ1v) is 10.6. The smallest absolute Gasteiger partial charge is 0.425 e. The highest BCUT2D eigenvalue weighted by Crippen LogP contribution is 2.24. The fraction of sp³-hybridized carbons (Fsp3) is 0.565. The summed E-state index contributed by atoms with van der Waals surface area (Å²) in [6, 6.07) is 0. The summed E-state index contributed by atoms with van der Waals surface area (Å²) in [4.78, 5) is 54.2. The minimum atomic E-state index is -0.977. The molecule has 1 aliphatic rings. The van der Waals surface area contributed by atoms with E-state index in [-0.39, 0.29) is 47.6 Å². The number of nitrogens with zero attached hydrogens (tertiary/aromatic N) is 2. The molecule has 2 rings (SSSR count). The van der Waals surface area contributed by atoms with E-state index in [2.05, 4.69) is 10.7 Å². The summed E-state index contributed by atoms with van der Waals surface area (Å²) in [6.45, 7) is 8.62. The standard InChI is InChI=1S/C23H30N2O6/c1-6-19-20(31-23(29)25-10-9-24-13-25)12-15(3)18(26)8-7-14(2)11-16(4)21(27)17(5)22(28)30-19/h9-10,13-14,16-17,19H,6-8,11H2,1-5H3/t12?,14-,16+,17+,19+/m0/s1. The Morgan fingerprint density at radius 1 is 1.29 bits per heavy atom. The molecule has 8 nitrogen and oxygen atoms in total. The third-order valence-corrected chi connectivity index (χ3v) is 5.45. The minimum absolute atomic E-state index is 0.0850. The molecule has 0 saturated heterocycles. The van der Waals surface area contributed by atoms with E-state index in [0.717, 1.165) is 4.57 Å². The number of hydrogen-bond acceptors (Lipinski definition) is 7. The normalized spacial score (nSPS) is 26.4. The highest BCUT2D eigenvalue weighted by atomic mass is 16.6. The monoisotopic (exact) mass is 430 g/mol. The second-order valence-corrected chi connectivity index (χ2v) is 8.11. The molecule has 0 saturated carbocycles. The van der Waals surface area contributed by atoms with Gasteiger partial charge in [0.2, 0.25) is 0 Å². The largest absolute Gasteiger partial charge is 0.453 e. The van der Waals surface area contributed by atoms with Crippen LogP contribution in [-0.4, -0.2) is 39.3 Å². The Balaban J connectivity index is 2.46. The molecule has 0 bridgehead atoms. The molecule has 0 radical (unpaired) electrons. The van der Waals surface area contributed by atoms with Gasteiger partial charge in [0.1, 0.15) is 18.0 Å². The molecule has 4 atom stereocenters. The SMILES string of the molecule is CC[C@H]1OC(=O)[C@H](C)C(=O)[C@H](C)C[C@@H](C)CCC(=O)C(C)=C=C1OC(=O)n1ccnc1. The van der Waals surface area contributed by atoms with Crippen molar-refractivity contribution in [3.8, 4) is 0 Å². The van der Waals surface area contributed by atoms with Crippen molar-refractivity contribution in [1.29, 1.82) is 0 Å². The van der Waals surface area contributed by atoms with E-state index in [9.17, 15) is 19.2 Å². The Morgan fingerprint density at radius 2 is 2.00 bits per heavy atom. The van der Waals surface area contributed by atoms with E-state index in [1.807, 2.05) is 6.92 Å². The van der Waals surface area contributed by atoms with Crippen molar-refractivity contribution in [3.63, 3.8) is 0 Å². The molecule has 0 spiro atoms. The molecule has 2 heterocycles. The van der Waals surface area contributed by atoms with E-state index in [4.69, 9.17) is 9.47 Å². The number of imidazole rings is 1. The number of carbonyl (C=O) groups excluding carboxylic acids is 4. The number of Topliss-reactive ketones (excluding diaryl/α,β-unsaturated/α-hetero) is 2. The quantitative estimate of drug-likeness (QED) is 0.399. The second kappa shape index (κ2) is 10.9. The molecule has 1 aromatic rings. The van der Waals surface area contributed by atoms with Crippen LogP contribution in [0, 0.1) is 17.8 Å². The Labute approximate surface area is 182 Å². The van der Waals surface area contributed by atoms with Gasteiger partial charge in [-0.15, -0.1) is 0 Å². The number of hydrogen-bond donors (Lipinski definition) is 0. The Kier molecular flexibility index (Phi) is 8.51. The fourth-order valence-corrected chi connectivity index (χ4v) is 3.45. The first kappa shape index (κ1) is 24.3. The average Bonchev–Trinajstić information content (AvgIpc) is 3.28. The predicted molar refractivity (Wildman–Crippen MR) is 112 cm³/mol. The summed E-state index contributed by atoms with van der Waals surface area (Å²) in [5.41, 5.74) is 3.11. The molecule has 31 heavy (non-hydrogen) atoms. The summed E-state index contributed by atoms with van der Waals surface area (Å²) in [5, 5.41) is 0. The second-order valence-electron chi connectivity index (χ2n) is 8.11. The lowest BCUT2D eigenvalue weighted by Gasteiger charge is -2.22.